The number of aromatic nitrogens is 1. The van der Waals surface area contributed by atoms with E-state index in [1.165, 1.54) is 17.7 Å². The SMILES string of the molecule is Fc1ccc(CN[C@@H](Cc2ccsc2)c2nccs2)cc1. The first kappa shape index (κ1) is 14.4. The molecule has 0 saturated heterocycles. The molecule has 5 heteroatoms. The molecule has 0 saturated carbocycles. The third-order valence-corrected chi connectivity index (χ3v) is 4.86. The summed E-state index contributed by atoms with van der Waals surface area (Å²) < 4.78 is 12.9. The lowest BCUT2D eigenvalue weighted by Crippen LogP contribution is -2.22. The molecule has 0 aliphatic heterocycles. The van der Waals surface area contributed by atoms with Gasteiger partial charge >= 0.3 is 0 Å². The monoisotopic (exact) mass is 318 g/mol. The fraction of sp³-hybridized carbons (Fsp3) is 0.188. The lowest BCUT2D eigenvalue weighted by Gasteiger charge is -2.16. The molecule has 1 aromatic carbocycles. The lowest BCUT2D eigenvalue weighted by atomic mass is 10.1. The summed E-state index contributed by atoms with van der Waals surface area (Å²) in [5.41, 5.74) is 2.38. The number of nitrogens with zero attached hydrogens (tertiary/aromatic N) is 1. The average molecular weight is 318 g/mol. The van der Waals surface area contributed by atoms with E-state index in [1.54, 1.807) is 22.7 Å². The molecule has 0 spiro atoms. The fourth-order valence-electron chi connectivity index (χ4n) is 2.14. The molecule has 0 fully saturated rings. The van der Waals surface area contributed by atoms with Gasteiger partial charge in [-0.1, -0.05) is 12.1 Å². The van der Waals surface area contributed by atoms with E-state index in [2.05, 4.69) is 27.1 Å². The minimum Gasteiger partial charge on any atom is -0.304 e. The van der Waals surface area contributed by atoms with Gasteiger partial charge in [-0.25, -0.2) is 9.37 Å². The van der Waals surface area contributed by atoms with Crippen LogP contribution in [0.2, 0.25) is 0 Å². The van der Waals surface area contributed by atoms with Crippen LogP contribution in [-0.4, -0.2) is 4.98 Å². The van der Waals surface area contributed by atoms with Crippen LogP contribution in [0.15, 0.2) is 52.7 Å². The summed E-state index contributed by atoms with van der Waals surface area (Å²) in [5.74, 6) is -0.200. The Kier molecular flexibility index (Phi) is 4.75. The van der Waals surface area contributed by atoms with Gasteiger partial charge in [0.2, 0.25) is 0 Å². The van der Waals surface area contributed by atoms with Crippen molar-refractivity contribution in [3.63, 3.8) is 0 Å². The maximum absolute atomic E-state index is 12.9. The Balaban J connectivity index is 1.69. The van der Waals surface area contributed by atoms with E-state index in [0.29, 0.717) is 6.54 Å². The predicted octanol–water partition coefficient (Wildman–Crippen LogP) is 4.42. The highest BCUT2D eigenvalue weighted by molar-refractivity contribution is 7.09. The largest absolute Gasteiger partial charge is 0.304 e. The van der Waals surface area contributed by atoms with Gasteiger partial charge in [0.15, 0.2) is 0 Å². The molecule has 1 atom stereocenters. The Hall–Kier alpha value is -1.56. The third-order valence-electron chi connectivity index (χ3n) is 3.24. The van der Waals surface area contributed by atoms with E-state index in [-0.39, 0.29) is 11.9 Å². The Bertz CT molecular complexity index is 648. The van der Waals surface area contributed by atoms with Crippen molar-refractivity contribution in [1.29, 1.82) is 0 Å². The molecule has 0 aliphatic rings. The van der Waals surface area contributed by atoms with Crippen LogP contribution in [0.25, 0.3) is 0 Å². The van der Waals surface area contributed by atoms with Crippen molar-refractivity contribution in [1.82, 2.24) is 10.3 Å². The van der Waals surface area contributed by atoms with Gasteiger partial charge in [0.25, 0.3) is 0 Å². The van der Waals surface area contributed by atoms with Crippen molar-refractivity contribution in [2.75, 3.05) is 0 Å². The zero-order valence-electron chi connectivity index (χ0n) is 11.3. The number of nitrogens with one attached hydrogen (secondary N) is 1. The summed E-state index contributed by atoms with van der Waals surface area (Å²) in [5, 5.41) is 10.9. The van der Waals surface area contributed by atoms with E-state index >= 15 is 0 Å². The quantitative estimate of drug-likeness (QED) is 0.728. The zero-order chi connectivity index (χ0) is 14.5. The number of hydrogen-bond acceptors (Lipinski definition) is 4. The lowest BCUT2D eigenvalue weighted by molar-refractivity contribution is 0.528. The number of rotatable bonds is 6. The number of hydrogen-bond donors (Lipinski definition) is 1. The van der Waals surface area contributed by atoms with E-state index in [9.17, 15) is 4.39 Å². The molecule has 1 N–H and O–H groups in total. The number of benzene rings is 1. The van der Waals surface area contributed by atoms with E-state index in [4.69, 9.17) is 0 Å². The Morgan fingerprint density at radius 3 is 2.62 bits per heavy atom. The van der Waals surface area contributed by atoms with Gasteiger partial charge in [0.1, 0.15) is 10.8 Å². The van der Waals surface area contributed by atoms with Crippen molar-refractivity contribution >= 4 is 22.7 Å². The van der Waals surface area contributed by atoms with Crippen LogP contribution < -0.4 is 5.32 Å². The summed E-state index contributed by atoms with van der Waals surface area (Å²) in [6.07, 6.45) is 2.75. The standard InChI is InChI=1S/C16H15FN2S2/c17-14-3-1-12(2-4-14)10-19-15(16-18-6-8-21-16)9-13-5-7-20-11-13/h1-8,11,15,19H,9-10H2/t15-/m0/s1. The highest BCUT2D eigenvalue weighted by atomic mass is 32.1. The normalized spacial score (nSPS) is 12.4. The maximum Gasteiger partial charge on any atom is 0.123 e. The summed E-state index contributed by atoms with van der Waals surface area (Å²) >= 11 is 3.37. The van der Waals surface area contributed by atoms with Gasteiger partial charge < -0.3 is 5.32 Å². The average Bonchev–Trinajstić information content (AvgIpc) is 3.18. The minimum atomic E-state index is -0.200. The fourth-order valence-corrected chi connectivity index (χ4v) is 3.54. The number of thiazole rings is 1. The first-order valence-electron chi connectivity index (χ1n) is 6.69. The first-order valence-corrected chi connectivity index (χ1v) is 8.52. The van der Waals surface area contributed by atoms with Crippen molar-refractivity contribution in [2.45, 2.75) is 19.0 Å². The van der Waals surface area contributed by atoms with Crippen LogP contribution in [0.5, 0.6) is 0 Å². The molecule has 0 unspecified atom stereocenters. The predicted molar refractivity (Wildman–Crippen MR) is 86.1 cm³/mol. The van der Waals surface area contributed by atoms with Crippen molar-refractivity contribution in [2.24, 2.45) is 0 Å². The second-order valence-electron chi connectivity index (χ2n) is 4.77. The van der Waals surface area contributed by atoms with E-state index in [1.807, 2.05) is 23.7 Å². The van der Waals surface area contributed by atoms with Crippen LogP contribution in [0.3, 0.4) is 0 Å². The zero-order valence-corrected chi connectivity index (χ0v) is 13.0. The van der Waals surface area contributed by atoms with Gasteiger partial charge in [0, 0.05) is 18.1 Å². The van der Waals surface area contributed by atoms with Gasteiger partial charge in [0.05, 0.1) is 6.04 Å². The van der Waals surface area contributed by atoms with Gasteiger partial charge in [-0.15, -0.1) is 11.3 Å². The first-order chi connectivity index (χ1) is 10.3. The van der Waals surface area contributed by atoms with E-state index in [0.717, 1.165) is 17.0 Å². The van der Waals surface area contributed by atoms with Crippen molar-refractivity contribution < 1.29 is 4.39 Å². The summed E-state index contributed by atoms with van der Waals surface area (Å²) in [4.78, 5) is 4.42. The molecule has 0 amide bonds. The highest BCUT2D eigenvalue weighted by Gasteiger charge is 2.14. The van der Waals surface area contributed by atoms with Crippen LogP contribution in [0, 0.1) is 5.82 Å². The number of thiophene rings is 1. The molecule has 3 rings (SSSR count). The number of halogens is 1. The van der Waals surface area contributed by atoms with Crippen LogP contribution in [0.4, 0.5) is 4.39 Å². The molecule has 0 aliphatic carbocycles. The molecule has 3 aromatic rings. The molecule has 0 radical (unpaired) electrons. The van der Waals surface area contributed by atoms with Crippen LogP contribution >= 0.6 is 22.7 Å². The van der Waals surface area contributed by atoms with Crippen molar-refractivity contribution in [3.05, 3.63) is 74.6 Å². The maximum atomic E-state index is 12.9. The summed E-state index contributed by atoms with van der Waals surface area (Å²) in [7, 11) is 0. The van der Waals surface area contributed by atoms with Crippen molar-refractivity contribution in [3.8, 4) is 0 Å². The van der Waals surface area contributed by atoms with Crippen LogP contribution in [0.1, 0.15) is 22.2 Å². The molecule has 108 valence electrons. The Labute approximate surface area is 131 Å². The highest BCUT2D eigenvalue weighted by Crippen LogP contribution is 2.22. The molecule has 2 aromatic heterocycles. The summed E-state index contributed by atoms with van der Waals surface area (Å²) in [6.45, 7) is 0.703. The van der Waals surface area contributed by atoms with Crippen LogP contribution in [-0.2, 0) is 13.0 Å². The second-order valence-corrected chi connectivity index (χ2v) is 6.47. The smallest absolute Gasteiger partial charge is 0.123 e. The summed E-state index contributed by atoms with van der Waals surface area (Å²) in [6, 6.07) is 8.94. The molecule has 0 bridgehead atoms. The molecule has 21 heavy (non-hydrogen) atoms. The van der Waals surface area contributed by atoms with Gasteiger partial charge in [-0.2, -0.15) is 11.3 Å². The van der Waals surface area contributed by atoms with E-state index < -0.39 is 0 Å². The molecular formula is C16H15FN2S2. The topological polar surface area (TPSA) is 24.9 Å². The van der Waals surface area contributed by atoms with Gasteiger partial charge in [-0.3, -0.25) is 0 Å². The Morgan fingerprint density at radius 2 is 1.95 bits per heavy atom. The van der Waals surface area contributed by atoms with Gasteiger partial charge in [-0.05, 0) is 46.5 Å². The molecular weight excluding hydrogens is 303 g/mol. The second kappa shape index (κ2) is 6.93. The molecule has 2 heterocycles. The third kappa shape index (κ3) is 3.97. The Morgan fingerprint density at radius 1 is 1.10 bits per heavy atom. The molecule has 2 nitrogen and oxygen atoms in total. The minimum absolute atomic E-state index is 0.185.